The van der Waals surface area contributed by atoms with Crippen molar-refractivity contribution in [3.05, 3.63) is 12.2 Å². The Kier molecular flexibility index (Phi) is 36.1. The molecule has 1 heterocycles. The highest BCUT2D eigenvalue weighted by Crippen LogP contribution is 2.26. The molecule has 1 fully saturated rings. The standard InChI is InChI=1S/C47H91NO12S/c1-3-5-7-9-11-13-15-16-17-18-19-20-21-22-23-24-25-26-28-30-32-34-36-41(51)46(54)48-39(40(50)35-33-31-29-27-14-12-10-8-6-4-2)38-58-47-44(53)45(60-61(55,56)57)43(52)42(37-49)59-47/h22-23,39-45,47,49-53H,3-21,24-38H2,1-2H3,(H,48,54)(H,55,56,57)/b23-22-. The maximum absolute atomic E-state index is 13.1. The normalized spacial score (nSPS) is 21.2. The van der Waals surface area contributed by atoms with Gasteiger partial charge in [0.05, 0.1) is 25.4 Å². The molecule has 0 spiro atoms. The Morgan fingerprint density at radius 1 is 0.639 bits per heavy atom. The maximum Gasteiger partial charge on any atom is 0.397 e. The van der Waals surface area contributed by atoms with E-state index in [1.54, 1.807) is 0 Å². The number of hydrogen-bond acceptors (Lipinski definition) is 11. The minimum atomic E-state index is -5.11. The Morgan fingerprint density at radius 2 is 1.05 bits per heavy atom. The Balaban J connectivity index is 2.43. The summed E-state index contributed by atoms with van der Waals surface area (Å²) < 4.78 is 47.5. The second kappa shape index (κ2) is 38.1. The van der Waals surface area contributed by atoms with Crippen molar-refractivity contribution in [3.8, 4) is 0 Å². The zero-order chi connectivity index (χ0) is 45.0. The molecule has 1 saturated heterocycles. The van der Waals surface area contributed by atoms with Gasteiger partial charge in [0, 0.05) is 0 Å². The van der Waals surface area contributed by atoms with E-state index in [9.17, 15) is 43.3 Å². The van der Waals surface area contributed by atoms with Crippen molar-refractivity contribution in [2.24, 2.45) is 0 Å². The van der Waals surface area contributed by atoms with E-state index in [0.29, 0.717) is 19.3 Å². The maximum atomic E-state index is 13.1. The molecule has 0 saturated carbocycles. The molecule has 7 N–H and O–H groups in total. The number of aliphatic hydroxyl groups excluding tert-OH is 5. The minimum Gasteiger partial charge on any atom is -0.394 e. The number of carbonyl (C=O) groups is 1. The van der Waals surface area contributed by atoms with Gasteiger partial charge in [-0.25, -0.2) is 4.18 Å². The Hall–Kier alpha value is -1.20. The molecule has 0 aliphatic carbocycles. The second-order valence-electron chi connectivity index (χ2n) is 17.5. The molecule has 14 heteroatoms. The van der Waals surface area contributed by atoms with E-state index in [1.165, 1.54) is 122 Å². The van der Waals surface area contributed by atoms with Crippen molar-refractivity contribution in [3.63, 3.8) is 0 Å². The lowest BCUT2D eigenvalue weighted by atomic mass is 9.99. The lowest BCUT2D eigenvalue weighted by molar-refractivity contribution is -0.298. The van der Waals surface area contributed by atoms with Crippen LogP contribution < -0.4 is 5.32 Å². The van der Waals surface area contributed by atoms with Gasteiger partial charge < -0.3 is 40.3 Å². The molecule has 1 rings (SSSR count). The molecular weight excluding hydrogens is 803 g/mol. The highest BCUT2D eigenvalue weighted by atomic mass is 32.3. The fraction of sp³-hybridized carbons (Fsp3) is 0.936. The van der Waals surface area contributed by atoms with Crippen LogP contribution in [-0.4, -0.2) is 107 Å². The van der Waals surface area contributed by atoms with Crippen LogP contribution in [0.5, 0.6) is 0 Å². The van der Waals surface area contributed by atoms with Crippen molar-refractivity contribution in [1.29, 1.82) is 0 Å². The number of rotatable bonds is 42. The van der Waals surface area contributed by atoms with Gasteiger partial charge in [0.15, 0.2) is 6.29 Å². The van der Waals surface area contributed by atoms with Gasteiger partial charge in [-0.3, -0.25) is 9.35 Å². The Morgan fingerprint density at radius 3 is 1.48 bits per heavy atom. The summed E-state index contributed by atoms with van der Waals surface area (Å²) in [5.74, 6) is -0.674. The summed E-state index contributed by atoms with van der Waals surface area (Å²) >= 11 is 0. The predicted molar refractivity (Wildman–Crippen MR) is 242 cm³/mol. The van der Waals surface area contributed by atoms with Gasteiger partial charge in [-0.1, -0.05) is 193 Å². The molecule has 1 aliphatic heterocycles. The minimum absolute atomic E-state index is 0.255. The fourth-order valence-corrected chi connectivity index (χ4v) is 8.50. The topological polar surface area (TPSA) is 212 Å². The first-order valence-electron chi connectivity index (χ1n) is 24.7. The number of nitrogens with one attached hydrogen (secondary N) is 1. The third kappa shape index (κ3) is 30.6. The number of aliphatic hydroxyl groups is 5. The Labute approximate surface area is 371 Å². The van der Waals surface area contributed by atoms with Crippen LogP contribution in [-0.2, 0) is 28.9 Å². The van der Waals surface area contributed by atoms with Crippen LogP contribution in [0, 0.1) is 0 Å². The number of ether oxygens (including phenoxy) is 2. The third-order valence-electron chi connectivity index (χ3n) is 11.9. The molecule has 61 heavy (non-hydrogen) atoms. The fourth-order valence-electron chi connectivity index (χ4n) is 7.99. The smallest absolute Gasteiger partial charge is 0.394 e. The van der Waals surface area contributed by atoms with Gasteiger partial charge in [0.1, 0.15) is 30.5 Å². The first kappa shape index (κ1) is 57.8. The van der Waals surface area contributed by atoms with Gasteiger partial charge >= 0.3 is 10.4 Å². The van der Waals surface area contributed by atoms with E-state index in [2.05, 4.69) is 35.5 Å². The highest BCUT2D eigenvalue weighted by molar-refractivity contribution is 7.80. The van der Waals surface area contributed by atoms with Crippen molar-refractivity contribution in [2.75, 3.05) is 13.2 Å². The molecule has 0 radical (unpaired) electrons. The first-order chi connectivity index (χ1) is 29.4. The lowest BCUT2D eigenvalue weighted by Gasteiger charge is -2.41. The lowest BCUT2D eigenvalue weighted by Crippen LogP contribution is -2.61. The van der Waals surface area contributed by atoms with Gasteiger partial charge in [-0.05, 0) is 38.5 Å². The van der Waals surface area contributed by atoms with Crippen LogP contribution in [0.4, 0.5) is 0 Å². The largest absolute Gasteiger partial charge is 0.397 e. The summed E-state index contributed by atoms with van der Waals surface area (Å²) in [6.07, 6.45) is 29.9. The van der Waals surface area contributed by atoms with Crippen molar-refractivity contribution >= 4 is 16.3 Å². The number of hydrogen-bond donors (Lipinski definition) is 7. The number of unbranched alkanes of at least 4 members (excludes halogenated alkanes) is 27. The summed E-state index contributed by atoms with van der Waals surface area (Å²) in [6.45, 7) is 3.26. The molecule has 0 bridgehead atoms. The SMILES string of the molecule is CCCCCCCCCCCCCC/C=C\CCCCCCCCC(O)C(=O)NC(COC1OC(CO)C(O)C(OS(=O)(=O)O)C1O)C(O)CCCCCCCCCCCC. The Bertz CT molecular complexity index is 1160. The number of carbonyl (C=O) groups excluding carboxylic acids is 1. The predicted octanol–water partition coefficient (Wildman–Crippen LogP) is 8.92. The second-order valence-corrected chi connectivity index (χ2v) is 18.6. The molecule has 0 aromatic carbocycles. The van der Waals surface area contributed by atoms with Crippen molar-refractivity contribution in [2.45, 2.75) is 268 Å². The van der Waals surface area contributed by atoms with Crippen LogP contribution in [0.2, 0.25) is 0 Å². The van der Waals surface area contributed by atoms with Crippen LogP contribution in [0.1, 0.15) is 219 Å². The van der Waals surface area contributed by atoms with Crippen molar-refractivity contribution in [1.82, 2.24) is 5.32 Å². The molecular formula is C47H91NO12S. The molecule has 362 valence electrons. The van der Waals surface area contributed by atoms with E-state index >= 15 is 0 Å². The molecule has 0 aromatic rings. The number of allylic oxidation sites excluding steroid dienone is 2. The zero-order valence-electron chi connectivity index (χ0n) is 38.4. The third-order valence-corrected chi connectivity index (χ3v) is 12.4. The van der Waals surface area contributed by atoms with E-state index in [4.69, 9.17) is 9.47 Å². The van der Waals surface area contributed by atoms with Crippen molar-refractivity contribution < 1.29 is 57.0 Å². The monoisotopic (exact) mass is 894 g/mol. The average Bonchev–Trinajstić information content (AvgIpc) is 3.23. The molecule has 8 unspecified atom stereocenters. The molecule has 1 amide bonds. The average molecular weight is 894 g/mol. The van der Waals surface area contributed by atoms with E-state index in [-0.39, 0.29) is 6.42 Å². The zero-order valence-corrected chi connectivity index (χ0v) is 39.2. The van der Waals surface area contributed by atoms with Gasteiger partial charge in [-0.15, -0.1) is 0 Å². The van der Waals surface area contributed by atoms with Crippen LogP contribution >= 0.6 is 0 Å². The summed E-state index contributed by atoms with van der Waals surface area (Å²) in [5.41, 5.74) is 0. The highest BCUT2D eigenvalue weighted by Gasteiger charge is 2.48. The molecule has 0 aromatic heterocycles. The summed E-state index contributed by atoms with van der Waals surface area (Å²) in [5, 5.41) is 55.3. The van der Waals surface area contributed by atoms with Crippen LogP contribution in [0.15, 0.2) is 12.2 Å². The number of amides is 1. The van der Waals surface area contributed by atoms with Crippen LogP contribution in [0.25, 0.3) is 0 Å². The van der Waals surface area contributed by atoms with Crippen LogP contribution in [0.3, 0.4) is 0 Å². The van der Waals surface area contributed by atoms with Gasteiger partial charge in [-0.2, -0.15) is 8.42 Å². The molecule has 8 atom stereocenters. The summed E-state index contributed by atoms with van der Waals surface area (Å²) in [4.78, 5) is 13.1. The van der Waals surface area contributed by atoms with E-state index in [0.717, 1.165) is 57.8 Å². The first-order valence-corrected chi connectivity index (χ1v) is 26.0. The van der Waals surface area contributed by atoms with E-state index < -0.39 is 78.5 Å². The van der Waals surface area contributed by atoms with E-state index in [1.807, 2.05) is 0 Å². The quantitative estimate of drug-likeness (QED) is 0.0174. The molecule has 1 aliphatic rings. The summed E-state index contributed by atoms with van der Waals surface area (Å²) in [6, 6.07) is -1.03. The molecule has 13 nitrogen and oxygen atoms in total. The summed E-state index contributed by atoms with van der Waals surface area (Å²) in [7, 11) is -5.11. The van der Waals surface area contributed by atoms with Gasteiger partial charge in [0.25, 0.3) is 0 Å². The van der Waals surface area contributed by atoms with Gasteiger partial charge in [0.2, 0.25) is 5.91 Å².